The Labute approximate surface area is 219 Å². The fourth-order valence-electron chi connectivity index (χ4n) is 4.45. The maximum absolute atomic E-state index is 13.6. The van der Waals surface area contributed by atoms with Gasteiger partial charge in [0.15, 0.2) is 0 Å². The first-order valence-corrected chi connectivity index (χ1v) is 12.6. The quantitative estimate of drug-likeness (QED) is 0.268. The molecule has 1 saturated carbocycles. The second-order valence-corrected chi connectivity index (χ2v) is 9.56. The Balaban J connectivity index is 1.58. The van der Waals surface area contributed by atoms with Crippen molar-refractivity contribution in [2.75, 3.05) is 7.11 Å². The first-order valence-electron chi connectivity index (χ1n) is 12.6. The van der Waals surface area contributed by atoms with Crippen molar-refractivity contribution in [3.05, 3.63) is 71.3 Å². The minimum absolute atomic E-state index is 0.0825. The SMILES string of the molecule is COc1ccc(CNC(=O)c2nc(-c3ccc(F)cc3)n(CC[C@@H](O)C[C@@H](O)CC(=O)O)c2C2CC2)cc1. The van der Waals surface area contributed by atoms with Crippen molar-refractivity contribution < 1.29 is 34.0 Å². The predicted octanol–water partition coefficient (Wildman–Crippen LogP) is 3.48. The third-order valence-corrected chi connectivity index (χ3v) is 6.54. The van der Waals surface area contributed by atoms with Crippen molar-refractivity contribution in [1.29, 1.82) is 0 Å². The third-order valence-electron chi connectivity index (χ3n) is 6.54. The van der Waals surface area contributed by atoms with Crippen LogP contribution < -0.4 is 10.1 Å². The van der Waals surface area contributed by atoms with Crippen LogP contribution in [0, 0.1) is 5.82 Å². The van der Waals surface area contributed by atoms with Gasteiger partial charge in [0.25, 0.3) is 5.91 Å². The molecule has 38 heavy (non-hydrogen) atoms. The summed E-state index contributed by atoms with van der Waals surface area (Å²) in [6.07, 6.45) is -0.638. The van der Waals surface area contributed by atoms with E-state index >= 15 is 0 Å². The maximum atomic E-state index is 13.6. The lowest BCUT2D eigenvalue weighted by Gasteiger charge is -2.17. The maximum Gasteiger partial charge on any atom is 0.305 e. The van der Waals surface area contributed by atoms with Gasteiger partial charge < -0.3 is 29.9 Å². The smallest absolute Gasteiger partial charge is 0.305 e. The number of aliphatic hydroxyl groups is 2. The molecule has 1 heterocycles. The number of carboxylic acid groups (broad SMARTS) is 1. The van der Waals surface area contributed by atoms with Crippen molar-refractivity contribution in [2.24, 2.45) is 0 Å². The highest BCUT2D eigenvalue weighted by molar-refractivity contribution is 5.94. The van der Waals surface area contributed by atoms with E-state index in [-0.39, 0.29) is 31.2 Å². The van der Waals surface area contributed by atoms with Gasteiger partial charge in [-0.05, 0) is 67.6 Å². The van der Waals surface area contributed by atoms with E-state index in [9.17, 15) is 24.2 Å². The summed E-state index contributed by atoms with van der Waals surface area (Å²) in [5.41, 5.74) is 2.58. The summed E-state index contributed by atoms with van der Waals surface area (Å²) in [5.74, 6) is -0.527. The number of aliphatic carboxylic acids is 1. The first-order chi connectivity index (χ1) is 18.2. The van der Waals surface area contributed by atoms with Crippen molar-refractivity contribution in [2.45, 2.75) is 63.3 Å². The van der Waals surface area contributed by atoms with Gasteiger partial charge in [-0.2, -0.15) is 0 Å². The van der Waals surface area contributed by atoms with Gasteiger partial charge in [0, 0.05) is 24.6 Å². The first kappa shape index (κ1) is 27.3. The molecule has 0 spiro atoms. The van der Waals surface area contributed by atoms with E-state index in [1.165, 1.54) is 12.1 Å². The van der Waals surface area contributed by atoms with Gasteiger partial charge >= 0.3 is 5.97 Å². The van der Waals surface area contributed by atoms with Gasteiger partial charge in [0.05, 0.1) is 31.4 Å². The average Bonchev–Trinajstić information content (AvgIpc) is 3.66. The Morgan fingerprint density at radius 3 is 2.39 bits per heavy atom. The number of ether oxygens (including phenoxy) is 1. The number of carbonyl (C=O) groups excluding carboxylic acids is 1. The zero-order valence-corrected chi connectivity index (χ0v) is 21.1. The van der Waals surface area contributed by atoms with Crippen molar-refractivity contribution in [3.8, 4) is 17.1 Å². The molecule has 4 N–H and O–H groups in total. The summed E-state index contributed by atoms with van der Waals surface area (Å²) in [7, 11) is 1.59. The van der Waals surface area contributed by atoms with Crippen LogP contribution in [0.1, 0.15) is 59.8 Å². The molecule has 202 valence electrons. The number of carboxylic acids is 1. The Kier molecular flexibility index (Phi) is 8.75. The van der Waals surface area contributed by atoms with Crippen LogP contribution in [0.3, 0.4) is 0 Å². The average molecular weight is 526 g/mol. The number of nitrogens with one attached hydrogen (secondary N) is 1. The summed E-state index contributed by atoms with van der Waals surface area (Å²) in [4.78, 5) is 28.8. The zero-order valence-electron chi connectivity index (χ0n) is 21.1. The van der Waals surface area contributed by atoms with E-state index < -0.39 is 30.4 Å². The van der Waals surface area contributed by atoms with Gasteiger partial charge in [-0.3, -0.25) is 9.59 Å². The molecule has 10 heteroatoms. The van der Waals surface area contributed by atoms with Crippen LogP contribution in [0.2, 0.25) is 0 Å². The van der Waals surface area contributed by atoms with E-state index in [1.54, 1.807) is 19.2 Å². The molecule has 1 aromatic heterocycles. The zero-order chi connectivity index (χ0) is 27.2. The molecule has 9 nitrogen and oxygen atoms in total. The minimum atomic E-state index is -1.16. The van der Waals surface area contributed by atoms with E-state index in [4.69, 9.17) is 9.84 Å². The monoisotopic (exact) mass is 525 g/mol. The van der Waals surface area contributed by atoms with E-state index in [2.05, 4.69) is 10.3 Å². The highest BCUT2D eigenvalue weighted by Gasteiger charge is 2.35. The van der Waals surface area contributed by atoms with Crippen LogP contribution in [0.15, 0.2) is 48.5 Å². The van der Waals surface area contributed by atoms with Crippen molar-refractivity contribution in [3.63, 3.8) is 0 Å². The van der Waals surface area contributed by atoms with Crippen LogP contribution in [0.5, 0.6) is 5.75 Å². The molecule has 0 unspecified atom stereocenters. The number of carbonyl (C=O) groups is 2. The molecule has 1 fully saturated rings. The van der Waals surface area contributed by atoms with Gasteiger partial charge in [-0.15, -0.1) is 0 Å². The fourth-order valence-corrected chi connectivity index (χ4v) is 4.45. The molecule has 1 amide bonds. The number of aromatic nitrogens is 2. The molecule has 1 aliphatic rings. The van der Waals surface area contributed by atoms with E-state index in [0.29, 0.717) is 23.6 Å². The van der Waals surface area contributed by atoms with E-state index in [0.717, 1.165) is 29.8 Å². The number of methoxy groups -OCH3 is 1. The minimum Gasteiger partial charge on any atom is -0.497 e. The molecule has 1 aliphatic carbocycles. The lowest BCUT2D eigenvalue weighted by Crippen LogP contribution is -2.25. The molecule has 0 radical (unpaired) electrons. The summed E-state index contributed by atoms with van der Waals surface area (Å²) in [5, 5.41) is 32.2. The molecule has 2 aromatic carbocycles. The highest BCUT2D eigenvalue weighted by atomic mass is 19.1. The molecule has 0 aliphatic heterocycles. The number of hydrogen-bond donors (Lipinski definition) is 4. The Morgan fingerprint density at radius 2 is 1.79 bits per heavy atom. The fraction of sp³-hybridized carbons (Fsp3) is 0.393. The van der Waals surface area contributed by atoms with E-state index in [1.807, 2.05) is 28.8 Å². The predicted molar refractivity (Wildman–Crippen MR) is 137 cm³/mol. The number of benzene rings is 2. The van der Waals surface area contributed by atoms with Gasteiger partial charge in [0.2, 0.25) is 0 Å². The van der Waals surface area contributed by atoms with Gasteiger partial charge in [0.1, 0.15) is 23.1 Å². The second-order valence-electron chi connectivity index (χ2n) is 9.56. The van der Waals surface area contributed by atoms with Crippen LogP contribution in [-0.2, 0) is 17.9 Å². The lowest BCUT2D eigenvalue weighted by atomic mass is 10.1. The number of halogens is 1. The normalized spacial score (nSPS) is 14.6. The lowest BCUT2D eigenvalue weighted by molar-refractivity contribution is -0.139. The summed E-state index contributed by atoms with van der Waals surface area (Å²) < 4.78 is 20.7. The third kappa shape index (κ3) is 6.96. The number of nitrogens with zero attached hydrogens (tertiary/aromatic N) is 2. The van der Waals surface area contributed by atoms with Crippen LogP contribution in [0.25, 0.3) is 11.4 Å². The van der Waals surface area contributed by atoms with Gasteiger partial charge in [-0.25, -0.2) is 9.37 Å². The molecule has 3 aromatic rings. The van der Waals surface area contributed by atoms with Crippen molar-refractivity contribution in [1.82, 2.24) is 14.9 Å². The number of hydrogen-bond acceptors (Lipinski definition) is 6. The largest absolute Gasteiger partial charge is 0.497 e. The molecule has 4 rings (SSSR count). The summed E-state index contributed by atoms with van der Waals surface area (Å²) in [6, 6.07) is 13.2. The Morgan fingerprint density at radius 1 is 1.11 bits per heavy atom. The molecule has 2 atom stereocenters. The second kappa shape index (κ2) is 12.2. The number of amides is 1. The van der Waals surface area contributed by atoms with Crippen molar-refractivity contribution >= 4 is 11.9 Å². The number of aliphatic hydroxyl groups excluding tert-OH is 2. The highest BCUT2D eigenvalue weighted by Crippen LogP contribution is 2.43. The molecular weight excluding hydrogens is 493 g/mol. The Bertz CT molecular complexity index is 1250. The van der Waals surface area contributed by atoms with Crippen LogP contribution >= 0.6 is 0 Å². The standard InChI is InChI=1S/C28H32FN3O6/c1-38-23-10-2-17(3-11-23)16-30-28(37)25-26(18-4-5-18)32(13-12-21(33)14-22(34)15-24(35)36)27(31-25)19-6-8-20(29)9-7-19/h2-3,6-11,18,21-22,33-34H,4-5,12-16H2,1H3,(H,30,37)(H,35,36)/t21-,22-/m1/s1. The number of imidazole rings is 1. The molecule has 0 bridgehead atoms. The molecule has 0 saturated heterocycles. The Hall–Kier alpha value is -3.76. The summed E-state index contributed by atoms with van der Waals surface area (Å²) in [6.45, 7) is 0.587. The summed E-state index contributed by atoms with van der Waals surface area (Å²) >= 11 is 0. The van der Waals surface area contributed by atoms with Crippen LogP contribution in [0.4, 0.5) is 4.39 Å². The van der Waals surface area contributed by atoms with Crippen LogP contribution in [-0.4, -0.2) is 56.1 Å². The van der Waals surface area contributed by atoms with Gasteiger partial charge in [-0.1, -0.05) is 12.1 Å². The topological polar surface area (TPSA) is 134 Å². The number of rotatable bonds is 13. The molecular formula is C28H32FN3O6.